The van der Waals surface area contributed by atoms with Gasteiger partial charge in [-0.1, -0.05) is 17.3 Å². The lowest BCUT2D eigenvalue weighted by Gasteiger charge is -2.40. The molecule has 1 aliphatic rings. The van der Waals surface area contributed by atoms with Crippen molar-refractivity contribution >= 4 is 0 Å². The minimum atomic E-state index is -4.44. The molecular formula is C23H24F4N4O2. The molecule has 4 rings (SSSR count). The Balaban J connectivity index is 1.53. The lowest BCUT2D eigenvalue weighted by Crippen LogP contribution is -2.47. The number of aromatic nitrogens is 3. The molecule has 176 valence electrons. The molecule has 3 aromatic rings. The lowest BCUT2D eigenvalue weighted by molar-refractivity contribution is -0.137. The Morgan fingerprint density at radius 2 is 1.91 bits per heavy atom. The van der Waals surface area contributed by atoms with Crippen LogP contribution in [-0.2, 0) is 18.3 Å². The minimum absolute atomic E-state index is 0.117. The van der Waals surface area contributed by atoms with E-state index in [4.69, 9.17) is 4.74 Å². The van der Waals surface area contributed by atoms with E-state index in [-0.39, 0.29) is 25.0 Å². The van der Waals surface area contributed by atoms with Gasteiger partial charge in [-0.3, -0.25) is 0 Å². The fourth-order valence-corrected chi connectivity index (χ4v) is 4.35. The molecule has 2 heterocycles. The Morgan fingerprint density at radius 1 is 1.18 bits per heavy atom. The quantitative estimate of drug-likeness (QED) is 0.554. The summed E-state index contributed by atoms with van der Waals surface area (Å²) in [6.45, 7) is 2.16. The van der Waals surface area contributed by atoms with E-state index in [0.717, 1.165) is 12.1 Å². The largest absolute Gasteiger partial charge is 0.497 e. The molecule has 6 nitrogen and oxygen atoms in total. The SMILES string of the molecule is COc1cc(F)cc(Cn2cc([C@@H]3CC(O)(c4ccc(C(F)(F)F)cc4)C[C@H](C)N3)nn2)c1. The van der Waals surface area contributed by atoms with Gasteiger partial charge in [-0.2, -0.15) is 13.2 Å². The molecule has 0 saturated carbocycles. The van der Waals surface area contributed by atoms with Crippen LogP contribution in [0.2, 0.25) is 0 Å². The van der Waals surface area contributed by atoms with Crippen molar-refractivity contribution in [3.8, 4) is 5.75 Å². The van der Waals surface area contributed by atoms with Gasteiger partial charge in [-0.05, 0) is 48.7 Å². The summed E-state index contributed by atoms with van der Waals surface area (Å²) in [6, 6.07) is 8.51. The zero-order chi connectivity index (χ0) is 23.8. The van der Waals surface area contributed by atoms with Crippen molar-refractivity contribution < 1.29 is 27.4 Å². The van der Waals surface area contributed by atoms with Crippen LogP contribution in [0.1, 0.15) is 48.2 Å². The molecule has 10 heteroatoms. The van der Waals surface area contributed by atoms with E-state index in [1.165, 1.54) is 31.4 Å². The minimum Gasteiger partial charge on any atom is -0.497 e. The Morgan fingerprint density at radius 3 is 2.58 bits per heavy atom. The number of hydrogen-bond acceptors (Lipinski definition) is 5. The van der Waals surface area contributed by atoms with Gasteiger partial charge >= 0.3 is 6.18 Å². The summed E-state index contributed by atoms with van der Waals surface area (Å²) in [5, 5.41) is 23.0. The molecule has 1 fully saturated rings. The zero-order valence-corrected chi connectivity index (χ0v) is 18.1. The van der Waals surface area contributed by atoms with Crippen LogP contribution in [0, 0.1) is 5.82 Å². The van der Waals surface area contributed by atoms with Crippen LogP contribution < -0.4 is 10.1 Å². The molecule has 1 saturated heterocycles. The first-order valence-corrected chi connectivity index (χ1v) is 10.5. The first kappa shape index (κ1) is 23.2. The fraction of sp³-hybridized carbons (Fsp3) is 0.391. The highest BCUT2D eigenvalue weighted by atomic mass is 19.4. The smallest absolute Gasteiger partial charge is 0.416 e. The van der Waals surface area contributed by atoms with Crippen LogP contribution in [0.5, 0.6) is 5.75 Å². The van der Waals surface area contributed by atoms with Gasteiger partial charge in [0.05, 0.1) is 42.8 Å². The second kappa shape index (κ2) is 8.75. The van der Waals surface area contributed by atoms with Gasteiger partial charge in [-0.15, -0.1) is 5.10 Å². The molecule has 1 unspecified atom stereocenters. The highest BCUT2D eigenvalue weighted by Gasteiger charge is 2.41. The van der Waals surface area contributed by atoms with E-state index >= 15 is 0 Å². The summed E-state index contributed by atoms with van der Waals surface area (Å²) in [6.07, 6.45) is -2.17. The molecule has 0 amide bonds. The average molecular weight is 464 g/mol. The maximum atomic E-state index is 13.8. The second-order valence-corrected chi connectivity index (χ2v) is 8.48. The summed E-state index contributed by atoms with van der Waals surface area (Å²) >= 11 is 0. The standard InChI is InChI=1S/C23H24F4N4O2/c1-14-10-22(32,16-3-5-17(6-4-16)23(25,26)27)11-20(28-14)21-13-31(30-29-21)12-15-7-18(24)9-19(8-15)33-2/h3-9,13-14,20,28,32H,10-12H2,1-2H3/t14-,20-,22?/m0/s1. The van der Waals surface area contributed by atoms with Gasteiger partial charge in [0.25, 0.3) is 0 Å². The van der Waals surface area contributed by atoms with Gasteiger partial charge in [0, 0.05) is 18.5 Å². The Labute approximate surface area is 188 Å². The monoisotopic (exact) mass is 464 g/mol. The number of methoxy groups -OCH3 is 1. The molecule has 1 aromatic heterocycles. The van der Waals surface area contributed by atoms with Gasteiger partial charge < -0.3 is 15.2 Å². The topological polar surface area (TPSA) is 72.2 Å². The summed E-state index contributed by atoms with van der Waals surface area (Å²) in [5.41, 5.74) is -0.428. The fourth-order valence-electron chi connectivity index (χ4n) is 4.35. The number of halogens is 4. The van der Waals surface area contributed by atoms with Gasteiger partial charge in [0.15, 0.2) is 0 Å². The van der Waals surface area contributed by atoms with E-state index in [0.29, 0.717) is 29.0 Å². The number of nitrogens with one attached hydrogen (secondary N) is 1. The van der Waals surface area contributed by atoms with Crippen molar-refractivity contribution in [3.05, 3.63) is 76.9 Å². The van der Waals surface area contributed by atoms with Crippen LogP contribution >= 0.6 is 0 Å². The number of benzene rings is 2. The predicted octanol–water partition coefficient (Wildman–Crippen LogP) is 4.19. The normalized spacial score (nSPS) is 23.5. The van der Waals surface area contributed by atoms with Crippen LogP contribution in [0.4, 0.5) is 17.6 Å². The van der Waals surface area contributed by atoms with Crippen molar-refractivity contribution in [2.75, 3.05) is 7.11 Å². The van der Waals surface area contributed by atoms with Crippen molar-refractivity contribution in [2.24, 2.45) is 0 Å². The maximum absolute atomic E-state index is 13.8. The molecule has 33 heavy (non-hydrogen) atoms. The summed E-state index contributed by atoms with van der Waals surface area (Å²) in [7, 11) is 1.46. The Bertz CT molecular complexity index is 1120. The van der Waals surface area contributed by atoms with E-state index in [1.54, 1.807) is 16.9 Å². The van der Waals surface area contributed by atoms with Crippen molar-refractivity contribution in [2.45, 2.75) is 50.2 Å². The van der Waals surface area contributed by atoms with Crippen LogP contribution in [0.15, 0.2) is 48.7 Å². The highest BCUT2D eigenvalue weighted by molar-refractivity contribution is 5.31. The number of nitrogens with zero attached hydrogens (tertiary/aromatic N) is 3. The van der Waals surface area contributed by atoms with Gasteiger partial charge in [0.1, 0.15) is 11.6 Å². The van der Waals surface area contributed by atoms with Crippen LogP contribution in [0.25, 0.3) is 0 Å². The summed E-state index contributed by atoms with van der Waals surface area (Å²) < 4.78 is 59.1. The van der Waals surface area contributed by atoms with E-state index < -0.39 is 23.2 Å². The summed E-state index contributed by atoms with van der Waals surface area (Å²) in [5.74, 6) is -0.0243. The first-order valence-electron chi connectivity index (χ1n) is 10.5. The molecule has 3 atom stereocenters. The van der Waals surface area contributed by atoms with Crippen molar-refractivity contribution in [1.82, 2.24) is 20.3 Å². The van der Waals surface area contributed by atoms with Gasteiger partial charge in [0.2, 0.25) is 0 Å². The molecule has 2 aromatic carbocycles. The third-order valence-electron chi connectivity index (χ3n) is 5.85. The number of alkyl halides is 3. The number of piperidine rings is 1. The average Bonchev–Trinajstić information content (AvgIpc) is 3.20. The first-order chi connectivity index (χ1) is 15.6. The molecule has 0 radical (unpaired) electrons. The Kier molecular flexibility index (Phi) is 6.15. The van der Waals surface area contributed by atoms with Crippen molar-refractivity contribution in [1.29, 1.82) is 0 Å². The zero-order valence-electron chi connectivity index (χ0n) is 18.1. The Hall–Kier alpha value is -2.98. The lowest BCUT2D eigenvalue weighted by atomic mass is 9.78. The number of hydrogen-bond donors (Lipinski definition) is 2. The molecule has 0 aliphatic carbocycles. The molecule has 0 spiro atoms. The summed E-state index contributed by atoms with van der Waals surface area (Å²) in [4.78, 5) is 0. The number of rotatable bonds is 5. The molecular weight excluding hydrogens is 440 g/mol. The molecule has 2 N–H and O–H groups in total. The maximum Gasteiger partial charge on any atom is 0.416 e. The van der Waals surface area contributed by atoms with E-state index in [9.17, 15) is 22.7 Å². The molecule has 1 aliphatic heterocycles. The van der Waals surface area contributed by atoms with Gasteiger partial charge in [-0.25, -0.2) is 9.07 Å². The molecule has 0 bridgehead atoms. The van der Waals surface area contributed by atoms with E-state index in [2.05, 4.69) is 15.6 Å². The van der Waals surface area contributed by atoms with Crippen molar-refractivity contribution in [3.63, 3.8) is 0 Å². The van der Waals surface area contributed by atoms with E-state index in [1.807, 2.05) is 6.92 Å². The van der Waals surface area contributed by atoms with Crippen LogP contribution in [-0.4, -0.2) is 33.3 Å². The highest BCUT2D eigenvalue weighted by Crippen LogP contribution is 2.40. The van der Waals surface area contributed by atoms with Crippen LogP contribution in [0.3, 0.4) is 0 Å². The second-order valence-electron chi connectivity index (χ2n) is 8.48. The third-order valence-corrected chi connectivity index (χ3v) is 5.85. The predicted molar refractivity (Wildman–Crippen MR) is 112 cm³/mol. The number of ether oxygens (including phenoxy) is 1. The third kappa shape index (κ3) is 5.17. The number of aliphatic hydroxyl groups is 1.